The van der Waals surface area contributed by atoms with Crippen LogP contribution in [0, 0.1) is 5.92 Å². The molecular formula is C14H22N2O2. The quantitative estimate of drug-likeness (QED) is 0.809. The van der Waals surface area contributed by atoms with Gasteiger partial charge in [-0.3, -0.25) is 9.78 Å². The lowest BCUT2D eigenvalue weighted by Gasteiger charge is -2.19. The van der Waals surface area contributed by atoms with Gasteiger partial charge in [-0.2, -0.15) is 0 Å². The lowest BCUT2D eigenvalue weighted by Crippen LogP contribution is -2.34. The molecule has 18 heavy (non-hydrogen) atoms. The Kier molecular flexibility index (Phi) is 5.78. The molecule has 4 heteroatoms. The van der Waals surface area contributed by atoms with Gasteiger partial charge in [-0.25, -0.2) is 0 Å². The number of aromatic nitrogens is 1. The summed E-state index contributed by atoms with van der Waals surface area (Å²) >= 11 is 0. The van der Waals surface area contributed by atoms with E-state index in [0.29, 0.717) is 0 Å². The second kappa shape index (κ2) is 7.11. The minimum Gasteiger partial charge on any atom is -0.394 e. The Labute approximate surface area is 108 Å². The number of aliphatic hydroxyl groups is 1. The van der Waals surface area contributed by atoms with E-state index in [0.717, 1.165) is 24.1 Å². The highest BCUT2D eigenvalue weighted by molar-refractivity contribution is 5.78. The standard InChI is InChI=1S/C14H22N2O2/c1-4-10(3)14(18)16-13(9-17)11-6-7-12(5-2)15-8-11/h6-8,10,13,17H,4-5,9H2,1-3H3,(H,16,18). The van der Waals surface area contributed by atoms with E-state index in [9.17, 15) is 9.90 Å². The third-order valence-electron chi connectivity index (χ3n) is 3.17. The van der Waals surface area contributed by atoms with Crippen LogP contribution in [0.1, 0.15) is 44.5 Å². The fourth-order valence-corrected chi connectivity index (χ4v) is 1.58. The van der Waals surface area contributed by atoms with Crippen molar-refractivity contribution >= 4 is 5.91 Å². The third-order valence-corrected chi connectivity index (χ3v) is 3.17. The van der Waals surface area contributed by atoms with Crippen molar-refractivity contribution in [2.45, 2.75) is 39.7 Å². The molecule has 0 fully saturated rings. The number of amides is 1. The number of aryl methyl sites for hydroxylation is 1. The lowest BCUT2D eigenvalue weighted by molar-refractivity contribution is -0.125. The van der Waals surface area contributed by atoms with Crippen molar-refractivity contribution in [3.8, 4) is 0 Å². The summed E-state index contributed by atoms with van der Waals surface area (Å²) in [4.78, 5) is 16.1. The molecule has 1 amide bonds. The Morgan fingerprint density at radius 2 is 2.17 bits per heavy atom. The zero-order valence-corrected chi connectivity index (χ0v) is 11.3. The molecule has 0 aromatic carbocycles. The van der Waals surface area contributed by atoms with E-state index < -0.39 is 0 Å². The summed E-state index contributed by atoms with van der Waals surface area (Å²) in [6.45, 7) is 5.77. The Morgan fingerprint density at radius 1 is 1.44 bits per heavy atom. The average molecular weight is 250 g/mol. The van der Waals surface area contributed by atoms with Crippen molar-refractivity contribution < 1.29 is 9.90 Å². The topological polar surface area (TPSA) is 62.2 Å². The molecule has 1 aromatic rings. The Morgan fingerprint density at radius 3 is 2.61 bits per heavy atom. The molecule has 0 saturated carbocycles. The lowest BCUT2D eigenvalue weighted by atomic mass is 10.1. The minimum atomic E-state index is -0.370. The van der Waals surface area contributed by atoms with Crippen molar-refractivity contribution in [3.63, 3.8) is 0 Å². The highest BCUT2D eigenvalue weighted by atomic mass is 16.3. The van der Waals surface area contributed by atoms with E-state index in [1.807, 2.05) is 32.9 Å². The summed E-state index contributed by atoms with van der Waals surface area (Å²) < 4.78 is 0. The first-order chi connectivity index (χ1) is 8.62. The van der Waals surface area contributed by atoms with Crippen LogP contribution in [0.25, 0.3) is 0 Å². The van der Waals surface area contributed by atoms with Crippen LogP contribution >= 0.6 is 0 Å². The summed E-state index contributed by atoms with van der Waals surface area (Å²) in [6, 6.07) is 3.46. The summed E-state index contributed by atoms with van der Waals surface area (Å²) in [5, 5.41) is 12.2. The molecule has 0 saturated heterocycles. The van der Waals surface area contributed by atoms with Gasteiger partial charge in [-0.05, 0) is 24.5 Å². The van der Waals surface area contributed by atoms with Gasteiger partial charge in [0.2, 0.25) is 5.91 Å². The van der Waals surface area contributed by atoms with Crippen LogP contribution in [0.2, 0.25) is 0 Å². The van der Waals surface area contributed by atoms with Gasteiger partial charge in [0.25, 0.3) is 0 Å². The highest BCUT2D eigenvalue weighted by Gasteiger charge is 2.17. The van der Waals surface area contributed by atoms with Crippen LogP contribution in [0.3, 0.4) is 0 Å². The second-order valence-electron chi connectivity index (χ2n) is 4.49. The van der Waals surface area contributed by atoms with Gasteiger partial charge in [-0.15, -0.1) is 0 Å². The smallest absolute Gasteiger partial charge is 0.223 e. The first-order valence-corrected chi connectivity index (χ1v) is 6.48. The number of hydrogen-bond donors (Lipinski definition) is 2. The van der Waals surface area contributed by atoms with Crippen LogP contribution in [0.5, 0.6) is 0 Å². The van der Waals surface area contributed by atoms with Gasteiger partial charge in [0, 0.05) is 17.8 Å². The van der Waals surface area contributed by atoms with Crippen LogP contribution in [0.4, 0.5) is 0 Å². The maximum absolute atomic E-state index is 11.8. The Bertz CT molecular complexity index is 376. The van der Waals surface area contributed by atoms with Crippen molar-refractivity contribution in [2.24, 2.45) is 5.92 Å². The van der Waals surface area contributed by atoms with Crippen molar-refractivity contribution in [3.05, 3.63) is 29.6 Å². The summed E-state index contributed by atoms with van der Waals surface area (Å²) in [7, 11) is 0. The number of pyridine rings is 1. The highest BCUT2D eigenvalue weighted by Crippen LogP contribution is 2.13. The molecule has 0 spiro atoms. The molecule has 100 valence electrons. The summed E-state index contributed by atoms with van der Waals surface area (Å²) in [5.41, 5.74) is 1.84. The molecule has 0 aliphatic carbocycles. The first-order valence-electron chi connectivity index (χ1n) is 6.48. The SMILES string of the molecule is CCc1ccc(C(CO)NC(=O)C(C)CC)cn1. The second-order valence-corrected chi connectivity index (χ2v) is 4.49. The van der Waals surface area contributed by atoms with Gasteiger partial charge >= 0.3 is 0 Å². The first kappa shape index (κ1) is 14.6. The molecule has 1 aromatic heterocycles. The molecule has 0 aliphatic heterocycles. The molecule has 0 aliphatic rings. The maximum atomic E-state index is 11.8. The summed E-state index contributed by atoms with van der Waals surface area (Å²) in [6.07, 6.45) is 3.39. The number of carbonyl (C=O) groups is 1. The molecule has 2 unspecified atom stereocenters. The zero-order chi connectivity index (χ0) is 13.5. The maximum Gasteiger partial charge on any atom is 0.223 e. The number of nitrogens with zero attached hydrogens (tertiary/aromatic N) is 1. The van der Waals surface area contributed by atoms with Gasteiger partial charge in [0.15, 0.2) is 0 Å². The van der Waals surface area contributed by atoms with Crippen LogP contribution < -0.4 is 5.32 Å². The predicted octanol–water partition coefficient (Wildman–Crippen LogP) is 1.84. The molecule has 4 nitrogen and oxygen atoms in total. The van der Waals surface area contributed by atoms with E-state index in [2.05, 4.69) is 10.3 Å². The molecule has 2 atom stereocenters. The van der Waals surface area contributed by atoms with E-state index in [4.69, 9.17) is 0 Å². The van der Waals surface area contributed by atoms with Gasteiger partial charge in [-0.1, -0.05) is 26.8 Å². The summed E-state index contributed by atoms with van der Waals surface area (Å²) in [5.74, 6) is -0.0713. The molecular weight excluding hydrogens is 228 g/mol. The fraction of sp³-hybridized carbons (Fsp3) is 0.571. The van der Waals surface area contributed by atoms with Gasteiger partial charge < -0.3 is 10.4 Å². The number of aliphatic hydroxyl groups excluding tert-OH is 1. The molecule has 1 rings (SSSR count). The number of hydrogen-bond acceptors (Lipinski definition) is 3. The Balaban J connectivity index is 2.73. The predicted molar refractivity (Wildman–Crippen MR) is 71.0 cm³/mol. The monoisotopic (exact) mass is 250 g/mol. The molecule has 0 bridgehead atoms. The minimum absolute atomic E-state index is 0.0314. The molecule has 2 N–H and O–H groups in total. The van der Waals surface area contributed by atoms with Gasteiger partial charge in [0.1, 0.15) is 0 Å². The van der Waals surface area contributed by atoms with E-state index in [-0.39, 0.29) is 24.5 Å². The average Bonchev–Trinajstić information content (AvgIpc) is 2.43. The van der Waals surface area contributed by atoms with Crippen LogP contribution in [-0.4, -0.2) is 22.6 Å². The van der Waals surface area contributed by atoms with Crippen molar-refractivity contribution in [1.82, 2.24) is 10.3 Å². The van der Waals surface area contributed by atoms with Crippen LogP contribution in [0.15, 0.2) is 18.3 Å². The molecule has 0 radical (unpaired) electrons. The number of rotatable bonds is 6. The largest absolute Gasteiger partial charge is 0.394 e. The number of nitrogens with one attached hydrogen (secondary N) is 1. The Hall–Kier alpha value is -1.42. The molecule has 1 heterocycles. The van der Waals surface area contributed by atoms with Crippen LogP contribution in [-0.2, 0) is 11.2 Å². The normalized spacial score (nSPS) is 14.0. The van der Waals surface area contributed by atoms with E-state index in [1.165, 1.54) is 0 Å². The van der Waals surface area contributed by atoms with Crippen molar-refractivity contribution in [1.29, 1.82) is 0 Å². The van der Waals surface area contributed by atoms with E-state index in [1.54, 1.807) is 6.20 Å². The number of carbonyl (C=O) groups excluding carboxylic acids is 1. The fourth-order valence-electron chi connectivity index (χ4n) is 1.58. The van der Waals surface area contributed by atoms with E-state index >= 15 is 0 Å². The van der Waals surface area contributed by atoms with Crippen molar-refractivity contribution in [2.75, 3.05) is 6.61 Å². The van der Waals surface area contributed by atoms with Gasteiger partial charge in [0.05, 0.1) is 12.6 Å². The third kappa shape index (κ3) is 3.81. The zero-order valence-electron chi connectivity index (χ0n) is 11.3.